The summed E-state index contributed by atoms with van der Waals surface area (Å²) in [5.41, 5.74) is 5.47. The standard InChI is InChI=1S/C26H22N2O3/c1-17-2-6-19(7-3-17)20-8-11-24-23(14-20)21(16-29)15-25(28-24)26(31)27-13-12-18-4-9-22(30)10-5-18/h2-11,14-16,30H,12-13H2,1H3,(H,27,31). The van der Waals surface area contributed by atoms with Crippen LogP contribution in [0.5, 0.6) is 5.75 Å². The van der Waals surface area contributed by atoms with Crippen LogP contribution in [0, 0.1) is 6.92 Å². The molecule has 0 aliphatic heterocycles. The fraction of sp³-hybridized carbons (Fsp3) is 0.115. The lowest BCUT2D eigenvalue weighted by Crippen LogP contribution is -2.26. The molecule has 0 unspecified atom stereocenters. The molecule has 0 radical (unpaired) electrons. The third-order valence-corrected chi connectivity index (χ3v) is 5.22. The molecule has 1 aromatic heterocycles. The monoisotopic (exact) mass is 410 g/mol. The molecule has 31 heavy (non-hydrogen) atoms. The van der Waals surface area contributed by atoms with Gasteiger partial charge in [0.05, 0.1) is 5.52 Å². The molecule has 1 heterocycles. The molecule has 4 aromatic rings. The number of nitrogens with zero attached hydrogens (tertiary/aromatic N) is 1. The molecule has 4 rings (SSSR count). The number of carbonyl (C=O) groups excluding carboxylic acids is 2. The van der Waals surface area contributed by atoms with Gasteiger partial charge in [-0.1, -0.05) is 48.0 Å². The van der Waals surface area contributed by atoms with Crippen LogP contribution in [-0.4, -0.2) is 28.8 Å². The maximum absolute atomic E-state index is 12.6. The number of aldehydes is 1. The normalized spacial score (nSPS) is 10.7. The Hall–Kier alpha value is -3.99. The summed E-state index contributed by atoms with van der Waals surface area (Å²) in [6.45, 7) is 2.46. The van der Waals surface area contributed by atoms with Gasteiger partial charge < -0.3 is 10.4 Å². The van der Waals surface area contributed by atoms with Crippen molar-refractivity contribution in [3.63, 3.8) is 0 Å². The van der Waals surface area contributed by atoms with Crippen molar-refractivity contribution < 1.29 is 14.7 Å². The summed E-state index contributed by atoms with van der Waals surface area (Å²) in [6, 6.07) is 22.3. The van der Waals surface area contributed by atoms with Crippen molar-refractivity contribution in [3.8, 4) is 16.9 Å². The van der Waals surface area contributed by atoms with E-state index in [4.69, 9.17) is 0 Å². The van der Waals surface area contributed by atoms with E-state index in [0.717, 1.165) is 23.0 Å². The Morgan fingerprint density at radius 3 is 2.39 bits per heavy atom. The largest absolute Gasteiger partial charge is 0.508 e. The minimum Gasteiger partial charge on any atom is -0.508 e. The predicted octanol–water partition coefficient (Wildman–Crippen LogP) is 4.70. The van der Waals surface area contributed by atoms with Gasteiger partial charge in [0.2, 0.25) is 0 Å². The van der Waals surface area contributed by atoms with E-state index in [-0.39, 0.29) is 17.4 Å². The smallest absolute Gasteiger partial charge is 0.269 e. The molecule has 1 amide bonds. The molecule has 0 saturated heterocycles. The lowest BCUT2D eigenvalue weighted by Gasteiger charge is -2.09. The van der Waals surface area contributed by atoms with E-state index in [9.17, 15) is 14.7 Å². The fourth-order valence-corrected chi connectivity index (χ4v) is 3.46. The van der Waals surface area contributed by atoms with Gasteiger partial charge >= 0.3 is 0 Å². The highest BCUT2D eigenvalue weighted by atomic mass is 16.3. The lowest BCUT2D eigenvalue weighted by atomic mass is 10.00. The third kappa shape index (κ3) is 4.61. The molecular weight excluding hydrogens is 388 g/mol. The molecule has 154 valence electrons. The van der Waals surface area contributed by atoms with Crippen LogP contribution in [-0.2, 0) is 6.42 Å². The molecule has 3 aromatic carbocycles. The molecular formula is C26H22N2O3. The number of carbonyl (C=O) groups is 2. The number of aromatic hydroxyl groups is 1. The van der Waals surface area contributed by atoms with Crippen molar-refractivity contribution in [2.75, 3.05) is 6.54 Å². The first-order chi connectivity index (χ1) is 15.0. The Labute approximate surface area is 180 Å². The van der Waals surface area contributed by atoms with Gasteiger partial charge in [0.15, 0.2) is 6.29 Å². The molecule has 0 fully saturated rings. The Morgan fingerprint density at radius 1 is 0.968 bits per heavy atom. The van der Waals surface area contributed by atoms with Crippen LogP contribution in [0.25, 0.3) is 22.0 Å². The summed E-state index contributed by atoms with van der Waals surface area (Å²) in [6.07, 6.45) is 1.39. The highest BCUT2D eigenvalue weighted by Crippen LogP contribution is 2.26. The topological polar surface area (TPSA) is 79.3 Å². The van der Waals surface area contributed by atoms with Gasteiger partial charge in [0.1, 0.15) is 11.4 Å². The van der Waals surface area contributed by atoms with Crippen LogP contribution in [0.2, 0.25) is 0 Å². The van der Waals surface area contributed by atoms with E-state index in [1.54, 1.807) is 12.1 Å². The summed E-state index contributed by atoms with van der Waals surface area (Å²) < 4.78 is 0. The average molecular weight is 410 g/mol. The van der Waals surface area contributed by atoms with Crippen LogP contribution in [0.3, 0.4) is 0 Å². The predicted molar refractivity (Wildman–Crippen MR) is 121 cm³/mol. The van der Waals surface area contributed by atoms with E-state index in [2.05, 4.69) is 10.3 Å². The van der Waals surface area contributed by atoms with Crippen molar-refractivity contribution in [2.24, 2.45) is 0 Å². The Morgan fingerprint density at radius 2 is 1.68 bits per heavy atom. The van der Waals surface area contributed by atoms with Gasteiger partial charge in [-0.25, -0.2) is 4.98 Å². The second-order valence-corrected chi connectivity index (χ2v) is 7.48. The number of nitrogens with one attached hydrogen (secondary N) is 1. The first-order valence-corrected chi connectivity index (χ1v) is 10.1. The van der Waals surface area contributed by atoms with Crippen molar-refractivity contribution in [1.29, 1.82) is 0 Å². The van der Waals surface area contributed by atoms with E-state index in [1.165, 1.54) is 11.6 Å². The number of aromatic nitrogens is 1. The van der Waals surface area contributed by atoms with Gasteiger partial charge in [0.25, 0.3) is 5.91 Å². The molecule has 5 nitrogen and oxygen atoms in total. The Bertz CT molecular complexity index is 1250. The number of amides is 1. The number of rotatable bonds is 6. The van der Waals surface area contributed by atoms with Gasteiger partial charge in [-0.05, 0) is 60.4 Å². The fourth-order valence-electron chi connectivity index (χ4n) is 3.46. The number of hydrogen-bond donors (Lipinski definition) is 2. The zero-order valence-corrected chi connectivity index (χ0v) is 17.1. The second kappa shape index (κ2) is 8.79. The van der Waals surface area contributed by atoms with Crippen molar-refractivity contribution in [2.45, 2.75) is 13.3 Å². The number of hydrogen-bond acceptors (Lipinski definition) is 4. The SMILES string of the molecule is Cc1ccc(-c2ccc3nc(C(=O)NCCc4ccc(O)cc4)cc(C=O)c3c2)cc1. The number of aryl methyl sites for hydroxylation is 1. The minimum absolute atomic E-state index is 0.208. The first kappa shape index (κ1) is 20.3. The zero-order chi connectivity index (χ0) is 21.8. The molecule has 0 bridgehead atoms. The van der Waals surface area contributed by atoms with Gasteiger partial charge in [-0.3, -0.25) is 9.59 Å². The van der Waals surface area contributed by atoms with Crippen LogP contribution >= 0.6 is 0 Å². The van der Waals surface area contributed by atoms with Crippen LogP contribution in [0.4, 0.5) is 0 Å². The van der Waals surface area contributed by atoms with Crippen LogP contribution in [0.1, 0.15) is 32.0 Å². The van der Waals surface area contributed by atoms with Crippen molar-refractivity contribution >= 4 is 23.1 Å². The molecule has 0 atom stereocenters. The first-order valence-electron chi connectivity index (χ1n) is 10.1. The van der Waals surface area contributed by atoms with Gasteiger partial charge in [-0.2, -0.15) is 0 Å². The van der Waals surface area contributed by atoms with Gasteiger partial charge in [-0.15, -0.1) is 0 Å². The van der Waals surface area contributed by atoms with Crippen LogP contribution in [0.15, 0.2) is 72.8 Å². The second-order valence-electron chi connectivity index (χ2n) is 7.48. The van der Waals surface area contributed by atoms with Crippen molar-refractivity contribution in [3.05, 3.63) is 95.2 Å². The molecule has 5 heteroatoms. The highest BCUT2D eigenvalue weighted by molar-refractivity contribution is 6.03. The molecule has 0 saturated carbocycles. The number of phenolic OH excluding ortho intramolecular Hbond substituents is 1. The van der Waals surface area contributed by atoms with E-state index >= 15 is 0 Å². The minimum atomic E-state index is -0.327. The number of pyridine rings is 1. The highest BCUT2D eigenvalue weighted by Gasteiger charge is 2.13. The van der Waals surface area contributed by atoms with E-state index in [1.807, 2.05) is 61.5 Å². The quantitative estimate of drug-likeness (QED) is 0.452. The van der Waals surface area contributed by atoms with E-state index in [0.29, 0.717) is 29.4 Å². The molecule has 0 aliphatic carbocycles. The van der Waals surface area contributed by atoms with Crippen LogP contribution < -0.4 is 5.32 Å². The van der Waals surface area contributed by atoms with Gasteiger partial charge in [0, 0.05) is 17.5 Å². The number of fused-ring (bicyclic) bond motifs is 1. The Balaban J connectivity index is 1.55. The third-order valence-electron chi connectivity index (χ3n) is 5.22. The summed E-state index contributed by atoms with van der Waals surface area (Å²) in [7, 11) is 0. The molecule has 0 aliphatic rings. The van der Waals surface area contributed by atoms with Crippen molar-refractivity contribution in [1.82, 2.24) is 10.3 Å². The summed E-state index contributed by atoms with van der Waals surface area (Å²) >= 11 is 0. The maximum atomic E-state index is 12.6. The average Bonchev–Trinajstić information content (AvgIpc) is 2.79. The molecule has 2 N–H and O–H groups in total. The maximum Gasteiger partial charge on any atom is 0.269 e. The number of phenols is 1. The summed E-state index contributed by atoms with van der Waals surface area (Å²) in [5, 5.41) is 12.9. The summed E-state index contributed by atoms with van der Waals surface area (Å²) in [5.74, 6) is -0.119. The summed E-state index contributed by atoms with van der Waals surface area (Å²) in [4.78, 5) is 28.8. The lowest BCUT2D eigenvalue weighted by molar-refractivity contribution is 0.0949. The number of benzene rings is 3. The Kier molecular flexibility index (Phi) is 5.76. The zero-order valence-electron chi connectivity index (χ0n) is 17.1. The molecule has 0 spiro atoms. The van der Waals surface area contributed by atoms with E-state index < -0.39 is 0 Å².